The Bertz CT molecular complexity index is 607. The van der Waals surface area contributed by atoms with Gasteiger partial charge >= 0.3 is 0 Å². The number of likely N-dealkylation sites (N-methyl/N-ethyl adjacent to an activating group) is 1. The predicted molar refractivity (Wildman–Crippen MR) is 84.5 cm³/mol. The zero-order valence-electron chi connectivity index (χ0n) is 12.2. The van der Waals surface area contributed by atoms with E-state index in [1.807, 2.05) is 17.5 Å². The van der Waals surface area contributed by atoms with Crippen LogP contribution < -0.4 is 10.6 Å². The largest absolute Gasteiger partial charge is 0.380 e. The van der Waals surface area contributed by atoms with Gasteiger partial charge in [-0.2, -0.15) is 5.10 Å². The van der Waals surface area contributed by atoms with E-state index < -0.39 is 0 Å². The van der Waals surface area contributed by atoms with Crippen molar-refractivity contribution in [3.8, 4) is 0 Å². The first-order chi connectivity index (χ1) is 10.2. The van der Waals surface area contributed by atoms with E-state index in [9.17, 15) is 4.79 Å². The Morgan fingerprint density at radius 3 is 3.19 bits per heavy atom. The van der Waals surface area contributed by atoms with Crippen LogP contribution in [0, 0.1) is 5.92 Å². The monoisotopic (exact) mass is 304 g/mol. The Hall–Kier alpha value is -1.82. The molecule has 3 rings (SSSR count). The molecule has 1 aliphatic carbocycles. The maximum atomic E-state index is 11.3. The number of nitrogens with one attached hydrogen (secondary N) is 2. The summed E-state index contributed by atoms with van der Waals surface area (Å²) in [6, 6.07) is 4.76. The van der Waals surface area contributed by atoms with Crippen molar-refractivity contribution in [3.63, 3.8) is 0 Å². The van der Waals surface area contributed by atoms with Crippen LogP contribution in [-0.2, 0) is 11.3 Å². The number of hydrogen-bond acceptors (Lipinski definition) is 4. The van der Waals surface area contributed by atoms with E-state index in [0.717, 1.165) is 5.69 Å². The number of rotatable bonds is 6. The van der Waals surface area contributed by atoms with Gasteiger partial charge in [0.2, 0.25) is 5.91 Å². The molecule has 1 unspecified atom stereocenters. The molecule has 1 aliphatic rings. The lowest BCUT2D eigenvalue weighted by Gasteiger charge is -2.13. The van der Waals surface area contributed by atoms with E-state index in [0.29, 0.717) is 17.9 Å². The van der Waals surface area contributed by atoms with Gasteiger partial charge in [-0.05, 0) is 36.6 Å². The molecular formula is C15H20N4OS. The molecule has 21 heavy (non-hydrogen) atoms. The molecule has 2 aromatic heterocycles. The number of amides is 1. The maximum Gasteiger partial charge on any atom is 0.241 e. The van der Waals surface area contributed by atoms with Crippen molar-refractivity contribution in [1.29, 1.82) is 0 Å². The Balaban J connectivity index is 1.54. The van der Waals surface area contributed by atoms with Crippen molar-refractivity contribution >= 4 is 22.9 Å². The van der Waals surface area contributed by atoms with Crippen LogP contribution in [0.15, 0.2) is 29.9 Å². The molecule has 0 spiro atoms. The van der Waals surface area contributed by atoms with E-state index in [-0.39, 0.29) is 12.5 Å². The molecule has 0 aromatic carbocycles. The third-order valence-corrected chi connectivity index (χ3v) is 5.01. The second-order valence-electron chi connectivity index (χ2n) is 5.55. The molecule has 5 nitrogen and oxygen atoms in total. The van der Waals surface area contributed by atoms with Gasteiger partial charge in [-0.1, -0.05) is 6.07 Å². The summed E-state index contributed by atoms with van der Waals surface area (Å²) in [4.78, 5) is 12.8. The maximum absolute atomic E-state index is 11.3. The highest BCUT2D eigenvalue weighted by atomic mass is 32.1. The number of carbonyl (C=O) groups excluding carboxylic acids is 1. The van der Waals surface area contributed by atoms with Crippen LogP contribution in [0.1, 0.15) is 24.1 Å². The molecule has 2 aromatic rings. The van der Waals surface area contributed by atoms with E-state index in [1.165, 1.54) is 11.3 Å². The van der Waals surface area contributed by atoms with Gasteiger partial charge in [-0.3, -0.25) is 9.48 Å². The van der Waals surface area contributed by atoms with Crippen LogP contribution in [0.4, 0.5) is 5.69 Å². The van der Waals surface area contributed by atoms with Crippen molar-refractivity contribution < 1.29 is 4.79 Å². The molecule has 0 aliphatic heterocycles. The van der Waals surface area contributed by atoms with Crippen molar-refractivity contribution in [1.82, 2.24) is 15.1 Å². The molecule has 1 amide bonds. The minimum absolute atomic E-state index is 0.0438. The number of carbonyl (C=O) groups is 1. The SMILES string of the molecule is CNC(=O)Cn1cc(NC(C)[C@@H]2C[C@H]2c2cccs2)cn1. The summed E-state index contributed by atoms with van der Waals surface area (Å²) >= 11 is 1.85. The fraction of sp³-hybridized carbons (Fsp3) is 0.467. The Morgan fingerprint density at radius 1 is 1.62 bits per heavy atom. The first kappa shape index (κ1) is 14.1. The lowest BCUT2D eigenvalue weighted by atomic mass is 10.1. The smallest absolute Gasteiger partial charge is 0.241 e. The summed E-state index contributed by atoms with van der Waals surface area (Å²) in [5.41, 5.74) is 0.975. The molecule has 112 valence electrons. The fourth-order valence-corrected chi connectivity index (χ4v) is 3.63. The number of anilines is 1. The zero-order chi connectivity index (χ0) is 14.8. The minimum Gasteiger partial charge on any atom is -0.380 e. The summed E-state index contributed by atoms with van der Waals surface area (Å²) in [6.45, 7) is 2.47. The zero-order valence-corrected chi connectivity index (χ0v) is 13.1. The molecule has 0 radical (unpaired) electrons. The lowest BCUT2D eigenvalue weighted by molar-refractivity contribution is -0.121. The number of hydrogen-bond donors (Lipinski definition) is 2. The molecule has 2 heterocycles. The van der Waals surface area contributed by atoms with Crippen LogP contribution in [-0.4, -0.2) is 28.8 Å². The normalized spacial score (nSPS) is 21.8. The van der Waals surface area contributed by atoms with Crippen molar-refractivity contribution in [2.45, 2.75) is 31.8 Å². The van der Waals surface area contributed by atoms with Gasteiger partial charge in [0.25, 0.3) is 0 Å². The summed E-state index contributed by atoms with van der Waals surface area (Å²) in [7, 11) is 1.63. The molecule has 6 heteroatoms. The predicted octanol–water partition coefficient (Wildman–Crippen LogP) is 2.29. The van der Waals surface area contributed by atoms with Crippen LogP contribution in [0.2, 0.25) is 0 Å². The third kappa shape index (κ3) is 3.26. The minimum atomic E-state index is -0.0438. The molecule has 0 bridgehead atoms. The first-order valence-corrected chi connectivity index (χ1v) is 8.08. The van der Waals surface area contributed by atoms with Crippen LogP contribution in [0.25, 0.3) is 0 Å². The van der Waals surface area contributed by atoms with Gasteiger partial charge in [-0.15, -0.1) is 11.3 Å². The Labute approximate surface area is 128 Å². The summed E-state index contributed by atoms with van der Waals surface area (Å²) in [6.07, 6.45) is 4.91. The Kier molecular flexibility index (Phi) is 3.96. The van der Waals surface area contributed by atoms with Crippen molar-refractivity contribution in [3.05, 3.63) is 34.8 Å². The lowest BCUT2D eigenvalue weighted by Crippen LogP contribution is -2.23. The fourth-order valence-electron chi connectivity index (χ4n) is 2.72. The van der Waals surface area contributed by atoms with Gasteiger partial charge in [-0.25, -0.2) is 0 Å². The highest BCUT2D eigenvalue weighted by Gasteiger charge is 2.42. The van der Waals surface area contributed by atoms with Gasteiger partial charge in [0.1, 0.15) is 6.54 Å². The van der Waals surface area contributed by atoms with Crippen molar-refractivity contribution in [2.24, 2.45) is 5.92 Å². The van der Waals surface area contributed by atoms with Gasteiger partial charge in [0.05, 0.1) is 11.9 Å². The summed E-state index contributed by atoms with van der Waals surface area (Å²) < 4.78 is 1.65. The second-order valence-corrected chi connectivity index (χ2v) is 6.53. The molecule has 0 saturated heterocycles. The highest BCUT2D eigenvalue weighted by molar-refractivity contribution is 7.10. The summed E-state index contributed by atoms with van der Waals surface area (Å²) in [5.74, 6) is 1.34. The van der Waals surface area contributed by atoms with Crippen molar-refractivity contribution in [2.75, 3.05) is 12.4 Å². The standard InChI is InChI=1S/C15H20N4OS/c1-10(12-6-13(12)14-4-3-5-21-14)18-11-7-17-19(8-11)9-15(20)16-2/h3-5,7-8,10,12-13,18H,6,9H2,1-2H3,(H,16,20)/t10?,12-,13+/m0/s1. The highest BCUT2D eigenvalue weighted by Crippen LogP contribution is 2.51. The van der Waals surface area contributed by atoms with Crippen LogP contribution in [0.3, 0.4) is 0 Å². The quantitative estimate of drug-likeness (QED) is 0.861. The van der Waals surface area contributed by atoms with E-state index in [4.69, 9.17) is 0 Å². The van der Waals surface area contributed by atoms with Crippen LogP contribution >= 0.6 is 11.3 Å². The van der Waals surface area contributed by atoms with Gasteiger partial charge in [0.15, 0.2) is 0 Å². The van der Waals surface area contributed by atoms with Crippen LogP contribution in [0.5, 0.6) is 0 Å². The average Bonchev–Trinajstić information content (AvgIpc) is 2.88. The van der Waals surface area contributed by atoms with E-state index in [1.54, 1.807) is 17.9 Å². The number of thiophene rings is 1. The molecular weight excluding hydrogens is 284 g/mol. The van der Waals surface area contributed by atoms with E-state index in [2.05, 4.69) is 40.2 Å². The third-order valence-electron chi connectivity index (χ3n) is 4.00. The molecule has 2 N–H and O–H groups in total. The van der Waals surface area contributed by atoms with Gasteiger partial charge in [0, 0.05) is 24.2 Å². The van der Waals surface area contributed by atoms with E-state index >= 15 is 0 Å². The first-order valence-electron chi connectivity index (χ1n) is 7.20. The molecule has 1 fully saturated rings. The molecule has 1 saturated carbocycles. The van der Waals surface area contributed by atoms with Gasteiger partial charge < -0.3 is 10.6 Å². The average molecular weight is 304 g/mol. The number of nitrogens with zero attached hydrogens (tertiary/aromatic N) is 2. The molecule has 3 atom stereocenters. The number of aromatic nitrogens is 2. The topological polar surface area (TPSA) is 59.0 Å². The summed E-state index contributed by atoms with van der Waals surface area (Å²) in [5, 5.41) is 12.4. The Morgan fingerprint density at radius 2 is 2.48 bits per heavy atom. The second kappa shape index (κ2) is 5.89.